The average Bonchev–Trinajstić information content (AvgIpc) is 2.60. The van der Waals surface area contributed by atoms with Gasteiger partial charge in [-0.3, -0.25) is 4.79 Å². The highest BCUT2D eigenvalue weighted by atomic mass is 32.2. The quantitative estimate of drug-likeness (QED) is 0.336. The van der Waals surface area contributed by atoms with Gasteiger partial charge in [0.1, 0.15) is 5.09 Å². The first-order valence-corrected chi connectivity index (χ1v) is 13.3. The molecule has 1 saturated heterocycles. The van der Waals surface area contributed by atoms with Crippen molar-refractivity contribution in [2.24, 2.45) is 0 Å². The average molecular weight is 392 g/mol. The molecule has 5 heteroatoms. The third-order valence-electron chi connectivity index (χ3n) is 5.37. The van der Waals surface area contributed by atoms with Crippen molar-refractivity contribution in [2.75, 3.05) is 13.1 Å². The normalized spacial score (nSPS) is 16.5. The molecule has 2 rings (SSSR count). The first-order chi connectivity index (χ1) is 12.2. The second kappa shape index (κ2) is 8.66. The van der Waals surface area contributed by atoms with E-state index in [9.17, 15) is 4.79 Å². The summed E-state index contributed by atoms with van der Waals surface area (Å²) in [6.45, 7) is 15.0. The lowest BCUT2D eigenvalue weighted by molar-refractivity contribution is 0.0721. The summed E-state index contributed by atoms with van der Waals surface area (Å²) in [5.41, 5.74) is 0.789. The molecule has 3 nitrogen and oxygen atoms in total. The molecule has 26 heavy (non-hydrogen) atoms. The van der Waals surface area contributed by atoms with Gasteiger partial charge in [0, 0.05) is 18.0 Å². The van der Waals surface area contributed by atoms with Crippen LogP contribution in [0.2, 0.25) is 18.1 Å². The number of allylic oxidation sites excluding steroid dienone is 1. The maximum atomic E-state index is 13.0. The van der Waals surface area contributed by atoms with Crippen LogP contribution in [-0.4, -0.2) is 32.2 Å². The number of piperidine rings is 1. The van der Waals surface area contributed by atoms with Gasteiger partial charge in [-0.05, 0) is 62.5 Å². The summed E-state index contributed by atoms with van der Waals surface area (Å²) in [5.74, 6) is 0.149. The molecule has 0 aromatic heterocycles. The van der Waals surface area contributed by atoms with Gasteiger partial charge in [0.25, 0.3) is 14.2 Å². The predicted molar refractivity (Wildman–Crippen MR) is 114 cm³/mol. The van der Waals surface area contributed by atoms with Crippen molar-refractivity contribution in [3.63, 3.8) is 0 Å². The lowest BCUT2D eigenvalue weighted by atomic mass is 10.1. The van der Waals surface area contributed by atoms with Crippen LogP contribution >= 0.6 is 11.8 Å². The largest absolute Gasteiger partial charge is 0.539 e. The number of hydrogen-bond donors (Lipinski definition) is 0. The molecular weight excluding hydrogens is 358 g/mol. The monoisotopic (exact) mass is 391 g/mol. The Bertz CT molecular complexity index is 658. The van der Waals surface area contributed by atoms with Gasteiger partial charge in [0.05, 0.1) is 5.56 Å². The van der Waals surface area contributed by atoms with E-state index in [0.717, 1.165) is 41.5 Å². The molecule has 0 aliphatic carbocycles. The zero-order valence-corrected chi connectivity index (χ0v) is 18.9. The Balaban J connectivity index is 2.19. The van der Waals surface area contributed by atoms with Crippen LogP contribution in [0.15, 0.2) is 40.3 Å². The molecule has 0 bridgehead atoms. The van der Waals surface area contributed by atoms with E-state index in [1.807, 2.05) is 42.2 Å². The molecular formula is C21H33NO2SSi. The highest BCUT2D eigenvalue weighted by Crippen LogP contribution is 2.41. The Morgan fingerprint density at radius 3 is 2.35 bits per heavy atom. The van der Waals surface area contributed by atoms with Crippen molar-refractivity contribution in [2.45, 2.75) is 70.0 Å². The summed E-state index contributed by atoms with van der Waals surface area (Å²) < 4.78 is 6.47. The third-order valence-corrected chi connectivity index (χ3v) is 11.0. The number of thioether (sulfide) groups is 1. The second-order valence-electron chi connectivity index (χ2n) is 8.42. The minimum absolute atomic E-state index is 0.144. The molecule has 1 heterocycles. The van der Waals surface area contributed by atoms with E-state index in [1.165, 1.54) is 6.42 Å². The van der Waals surface area contributed by atoms with Crippen molar-refractivity contribution < 1.29 is 9.22 Å². The maximum Gasteiger partial charge on any atom is 0.255 e. The number of likely N-dealkylation sites (tertiary alicyclic amines) is 1. The highest BCUT2D eigenvalue weighted by molar-refractivity contribution is 8.03. The topological polar surface area (TPSA) is 29.5 Å². The summed E-state index contributed by atoms with van der Waals surface area (Å²) in [6, 6.07) is 7.92. The molecule has 0 spiro atoms. The Kier molecular flexibility index (Phi) is 7.03. The van der Waals surface area contributed by atoms with Gasteiger partial charge in [0.2, 0.25) is 0 Å². The smallest absolute Gasteiger partial charge is 0.255 e. The van der Waals surface area contributed by atoms with Crippen LogP contribution in [0.1, 0.15) is 57.3 Å². The van der Waals surface area contributed by atoms with Crippen LogP contribution in [-0.2, 0) is 4.43 Å². The fourth-order valence-electron chi connectivity index (χ4n) is 2.65. The van der Waals surface area contributed by atoms with E-state index < -0.39 is 8.32 Å². The number of carbonyl (C=O) groups excluding carboxylic acids is 1. The van der Waals surface area contributed by atoms with E-state index in [0.29, 0.717) is 0 Å². The lowest BCUT2D eigenvalue weighted by Crippen LogP contribution is -2.40. The minimum atomic E-state index is -1.90. The van der Waals surface area contributed by atoms with Crippen LogP contribution in [0.5, 0.6) is 0 Å². The number of hydrogen-bond acceptors (Lipinski definition) is 3. The molecule has 1 fully saturated rings. The third kappa shape index (κ3) is 5.16. The summed E-state index contributed by atoms with van der Waals surface area (Å²) in [4.78, 5) is 16.0. The highest BCUT2D eigenvalue weighted by Gasteiger charge is 2.39. The van der Waals surface area contributed by atoms with E-state index in [4.69, 9.17) is 4.43 Å². The van der Waals surface area contributed by atoms with Crippen LogP contribution in [0.25, 0.3) is 0 Å². The fraction of sp³-hybridized carbons (Fsp3) is 0.571. The van der Waals surface area contributed by atoms with Gasteiger partial charge < -0.3 is 9.33 Å². The molecule has 1 amide bonds. The maximum absolute atomic E-state index is 13.0. The molecule has 1 aliphatic heterocycles. The lowest BCUT2D eigenvalue weighted by Gasteiger charge is -2.37. The zero-order valence-electron chi connectivity index (χ0n) is 17.1. The van der Waals surface area contributed by atoms with Crippen molar-refractivity contribution in [3.05, 3.63) is 41.0 Å². The van der Waals surface area contributed by atoms with Crippen LogP contribution in [0.3, 0.4) is 0 Å². The minimum Gasteiger partial charge on any atom is -0.539 e. The van der Waals surface area contributed by atoms with Crippen molar-refractivity contribution >= 4 is 26.0 Å². The first-order valence-electron chi connectivity index (χ1n) is 9.57. The van der Waals surface area contributed by atoms with E-state index in [1.54, 1.807) is 11.8 Å². The molecule has 0 N–H and O–H groups in total. The molecule has 1 aliphatic rings. The summed E-state index contributed by atoms with van der Waals surface area (Å²) in [5, 5.41) is 1.04. The Morgan fingerprint density at radius 1 is 1.15 bits per heavy atom. The summed E-state index contributed by atoms with van der Waals surface area (Å²) in [7, 11) is -1.90. The standard InChI is InChI=1S/C21H33NO2SSi/c1-7-19(24-26(5,6)21(2,3)4)25-18-14-10-9-13-17(18)20(23)22-15-11-8-12-16-22/h7,9-10,13-14H,8,11-12,15-16H2,1-6H3/b19-7+. The Labute approximate surface area is 164 Å². The number of carbonyl (C=O) groups is 1. The van der Waals surface area contributed by atoms with E-state index in [-0.39, 0.29) is 10.9 Å². The van der Waals surface area contributed by atoms with Gasteiger partial charge >= 0.3 is 0 Å². The molecule has 0 radical (unpaired) electrons. The fourth-order valence-corrected chi connectivity index (χ4v) is 5.12. The van der Waals surface area contributed by atoms with E-state index in [2.05, 4.69) is 33.9 Å². The second-order valence-corrected chi connectivity index (χ2v) is 14.2. The molecule has 144 valence electrons. The SMILES string of the molecule is C/C=C(\O[Si](C)(C)C(C)(C)C)Sc1ccccc1C(=O)N1CCCCC1. The predicted octanol–water partition coefficient (Wildman–Crippen LogP) is 6.29. The van der Waals surface area contributed by atoms with Crippen molar-refractivity contribution in [3.8, 4) is 0 Å². The number of amides is 1. The number of benzene rings is 1. The Hall–Kier alpha value is -1.20. The Morgan fingerprint density at radius 2 is 1.77 bits per heavy atom. The van der Waals surface area contributed by atoms with Gasteiger partial charge in [0.15, 0.2) is 0 Å². The first kappa shape index (κ1) is 21.1. The number of nitrogens with zero attached hydrogens (tertiary/aromatic N) is 1. The molecule has 0 atom stereocenters. The van der Waals surface area contributed by atoms with Crippen molar-refractivity contribution in [1.82, 2.24) is 4.90 Å². The van der Waals surface area contributed by atoms with Crippen LogP contribution in [0.4, 0.5) is 0 Å². The molecule has 0 unspecified atom stereocenters. The molecule has 0 saturated carbocycles. The van der Waals surface area contributed by atoms with Gasteiger partial charge in [-0.2, -0.15) is 0 Å². The van der Waals surface area contributed by atoms with Crippen LogP contribution in [0, 0.1) is 0 Å². The van der Waals surface area contributed by atoms with Gasteiger partial charge in [-0.1, -0.05) is 44.7 Å². The summed E-state index contributed by atoms with van der Waals surface area (Å²) >= 11 is 1.58. The van der Waals surface area contributed by atoms with Crippen molar-refractivity contribution in [1.29, 1.82) is 0 Å². The number of rotatable bonds is 5. The zero-order chi connectivity index (χ0) is 19.4. The van der Waals surface area contributed by atoms with E-state index >= 15 is 0 Å². The molecule has 1 aromatic rings. The summed E-state index contributed by atoms with van der Waals surface area (Å²) in [6.07, 6.45) is 5.46. The molecule has 1 aromatic carbocycles. The van der Waals surface area contributed by atoms with Crippen LogP contribution < -0.4 is 0 Å². The van der Waals surface area contributed by atoms with Gasteiger partial charge in [-0.25, -0.2) is 0 Å². The van der Waals surface area contributed by atoms with Gasteiger partial charge in [-0.15, -0.1) is 0 Å².